The monoisotopic (exact) mass is 170 g/mol. The first-order valence-electron chi connectivity index (χ1n) is 4.25. The van der Waals surface area contributed by atoms with E-state index in [-0.39, 0.29) is 11.9 Å². The van der Waals surface area contributed by atoms with Gasteiger partial charge in [-0.1, -0.05) is 6.92 Å². The lowest BCUT2D eigenvalue weighted by Gasteiger charge is -2.15. The first kappa shape index (κ1) is 11.4. The zero-order valence-electron chi connectivity index (χ0n) is 8.60. The maximum Gasteiger partial charge on any atom is 0.155 e. The highest BCUT2D eigenvalue weighted by Crippen LogP contribution is 2.14. The number of hydrogen-bond acceptors (Lipinski definition) is 2. The lowest BCUT2D eigenvalue weighted by Crippen LogP contribution is -2.13. The summed E-state index contributed by atoms with van der Waals surface area (Å²) in [5.74, 6) is 0.128. The van der Waals surface area contributed by atoms with Gasteiger partial charge >= 0.3 is 0 Å². The molecule has 0 spiro atoms. The molecule has 1 unspecified atom stereocenters. The van der Waals surface area contributed by atoms with E-state index < -0.39 is 0 Å². The van der Waals surface area contributed by atoms with E-state index in [1.807, 2.05) is 20.8 Å². The van der Waals surface area contributed by atoms with Crippen LogP contribution in [0.1, 0.15) is 34.1 Å². The average molecular weight is 170 g/mol. The molecule has 0 amide bonds. The van der Waals surface area contributed by atoms with Crippen molar-refractivity contribution in [3.8, 4) is 0 Å². The molecule has 0 aromatic rings. The molecule has 0 aliphatic heterocycles. The summed E-state index contributed by atoms with van der Waals surface area (Å²) in [6, 6.07) is 0. The van der Waals surface area contributed by atoms with Crippen LogP contribution in [0.4, 0.5) is 0 Å². The fourth-order valence-electron chi connectivity index (χ4n) is 1.17. The van der Waals surface area contributed by atoms with E-state index in [0.717, 1.165) is 17.6 Å². The second kappa shape index (κ2) is 5.09. The van der Waals surface area contributed by atoms with E-state index in [1.54, 1.807) is 14.0 Å². The number of carbonyl (C=O) groups excluding carboxylic acids is 1. The third kappa shape index (κ3) is 2.78. The Bertz CT molecular complexity index is 188. The Morgan fingerprint density at radius 2 is 1.83 bits per heavy atom. The second-order valence-corrected chi connectivity index (χ2v) is 3.00. The Balaban J connectivity index is 4.62. The molecule has 0 aromatic carbocycles. The lowest BCUT2D eigenvalue weighted by atomic mass is 10.0. The van der Waals surface area contributed by atoms with Crippen molar-refractivity contribution in [2.75, 3.05) is 7.11 Å². The van der Waals surface area contributed by atoms with Crippen LogP contribution in [0, 0.1) is 0 Å². The van der Waals surface area contributed by atoms with Gasteiger partial charge in [0.2, 0.25) is 0 Å². The number of carbonyl (C=O) groups is 1. The van der Waals surface area contributed by atoms with Crippen LogP contribution in [0.2, 0.25) is 0 Å². The Morgan fingerprint density at radius 1 is 1.33 bits per heavy atom. The molecule has 0 fully saturated rings. The summed E-state index contributed by atoms with van der Waals surface area (Å²) in [6.07, 6.45) is 1.00. The van der Waals surface area contributed by atoms with Crippen LogP contribution in [0.5, 0.6) is 0 Å². The minimum atomic E-state index is 0.0916. The minimum absolute atomic E-state index is 0.0916. The molecule has 0 aromatic heterocycles. The Kier molecular flexibility index (Phi) is 4.83. The lowest BCUT2D eigenvalue weighted by molar-refractivity contribution is -0.113. The van der Waals surface area contributed by atoms with Gasteiger partial charge in [0.15, 0.2) is 5.78 Å². The molecule has 2 heteroatoms. The van der Waals surface area contributed by atoms with E-state index in [0.29, 0.717) is 0 Å². The molecule has 0 saturated carbocycles. The summed E-state index contributed by atoms with van der Waals surface area (Å²) in [6.45, 7) is 7.43. The Hall–Kier alpha value is -0.630. The SMILES string of the molecule is CCC(OC)/C(C)=C(\C)C(C)=O. The van der Waals surface area contributed by atoms with Crippen LogP contribution in [0.25, 0.3) is 0 Å². The topological polar surface area (TPSA) is 26.3 Å². The molecule has 0 aliphatic carbocycles. The molecule has 12 heavy (non-hydrogen) atoms. The Labute approximate surface area is 74.6 Å². The van der Waals surface area contributed by atoms with Crippen LogP contribution >= 0.6 is 0 Å². The van der Waals surface area contributed by atoms with Crippen molar-refractivity contribution in [2.45, 2.75) is 40.2 Å². The second-order valence-electron chi connectivity index (χ2n) is 3.00. The Morgan fingerprint density at radius 3 is 2.08 bits per heavy atom. The van der Waals surface area contributed by atoms with Crippen molar-refractivity contribution in [1.29, 1.82) is 0 Å². The van der Waals surface area contributed by atoms with Gasteiger partial charge in [-0.05, 0) is 38.3 Å². The summed E-state index contributed by atoms with van der Waals surface area (Å²) in [5, 5.41) is 0. The predicted molar refractivity (Wildman–Crippen MR) is 50.1 cm³/mol. The number of ether oxygens (including phenoxy) is 1. The summed E-state index contributed by atoms with van der Waals surface area (Å²) >= 11 is 0. The average Bonchev–Trinajstić information content (AvgIpc) is 2.05. The molecule has 0 bridgehead atoms. The number of ketones is 1. The predicted octanol–water partition coefficient (Wildman–Crippen LogP) is 2.34. The largest absolute Gasteiger partial charge is 0.377 e. The molecule has 0 rings (SSSR count). The highest BCUT2D eigenvalue weighted by atomic mass is 16.5. The fourth-order valence-corrected chi connectivity index (χ4v) is 1.17. The van der Waals surface area contributed by atoms with E-state index in [9.17, 15) is 4.79 Å². The van der Waals surface area contributed by atoms with E-state index in [2.05, 4.69) is 0 Å². The van der Waals surface area contributed by atoms with Gasteiger partial charge in [0, 0.05) is 7.11 Å². The van der Waals surface area contributed by atoms with Crippen LogP contribution in [0.15, 0.2) is 11.1 Å². The zero-order valence-corrected chi connectivity index (χ0v) is 8.60. The van der Waals surface area contributed by atoms with Gasteiger partial charge in [0.1, 0.15) is 0 Å². The highest BCUT2D eigenvalue weighted by Gasteiger charge is 2.11. The molecular formula is C10H18O2. The van der Waals surface area contributed by atoms with Gasteiger partial charge < -0.3 is 4.74 Å². The third-order valence-corrected chi connectivity index (χ3v) is 2.26. The van der Waals surface area contributed by atoms with Crippen LogP contribution < -0.4 is 0 Å². The van der Waals surface area contributed by atoms with Gasteiger partial charge in [-0.25, -0.2) is 0 Å². The summed E-state index contributed by atoms with van der Waals surface area (Å²) < 4.78 is 5.22. The van der Waals surface area contributed by atoms with E-state index >= 15 is 0 Å². The standard InChI is InChI=1S/C10H18O2/c1-6-10(12-5)8(3)7(2)9(4)11/h10H,6H2,1-5H3/b8-7+. The number of Topliss-reactive ketones (excluding diaryl/α,β-unsaturated/α-hetero) is 1. The minimum Gasteiger partial charge on any atom is -0.377 e. The number of rotatable bonds is 4. The van der Waals surface area contributed by atoms with Gasteiger partial charge in [-0.2, -0.15) is 0 Å². The van der Waals surface area contributed by atoms with Gasteiger partial charge in [0.25, 0.3) is 0 Å². The zero-order chi connectivity index (χ0) is 9.72. The van der Waals surface area contributed by atoms with Crippen molar-refractivity contribution in [1.82, 2.24) is 0 Å². The van der Waals surface area contributed by atoms with Crippen LogP contribution in [0.3, 0.4) is 0 Å². The molecule has 0 aliphatic rings. The van der Waals surface area contributed by atoms with Crippen molar-refractivity contribution < 1.29 is 9.53 Å². The van der Waals surface area contributed by atoms with Crippen molar-refractivity contribution in [2.24, 2.45) is 0 Å². The quantitative estimate of drug-likeness (QED) is 0.605. The molecule has 1 atom stereocenters. The molecule has 2 nitrogen and oxygen atoms in total. The maximum absolute atomic E-state index is 11.0. The first-order valence-corrected chi connectivity index (χ1v) is 4.25. The fraction of sp³-hybridized carbons (Fsp3) is 0.700. The number of allylic oxidation sites excluding steroid dienone is 1. The van der Waals surface area contributed by atoms with E-state index in [4.69, 9.17) is 4.74 Å². The van der Waals surface area contributed by atoms with E-state index in [1.165, 1.54) is 0 Å². The summed E-state index contributed by atoms with van der Waals surface area (Å²) in [4.78, 5) is 11.0. The molecule has 0 heterocycles. The molecule has 0 N–H and O–H groups in total. The summed E-state index contributed by atoms with van der Waals surface area (Å²) in [7, 11) is 1.67. The molecular weight excluding hydrogens is 152 g/mol. The highest BCUT2D eigenvalue weighted by molar-refractivity contribution is 5.93. The van der Waals surface area contributed by atoms with Crippen molar-refractivity contribution >= 4 is 5.78 Å². The van der Waals surface area contributed by atoms with Gasteiger partial charge in [-0.15, -0.1) is 0 Å². The van der Waals surface area contributed by atoms with Crippen molar-refractivity contribution in [3.05, 3.63) is 11.1 Å². The van der Waals surface area contributed by atoms with Gasteiger partial charge in [-0.3, -0.25) is 4.79 Å². The molecule has 0 saturated heterocycles. The van der Waals surface area contributed by atoms with Crippen LogP contribution in [-0.4, -0.2) is 19.0 Å². The third-order valence-electron chi connectivity index (χ3n) is 2.26. The first-order chi connectivity index (χ1) is 5.54. The van der Waals surface area contributed by atoms with Gasteiger partial charge in [0.05, 0.1) is 6.10 Å². The van der Waals surface area contributed by atoms with Crippen LogP contribution in [-0.2, 0) is 9.53 Å². The number of methoxy groups -OCH3 is 1. The maximum atomic E-state index is 11.0. The smallest absolute Gasteiger partial charge is 0.155 e. The number of hydrogen-bond donors (Lipinski definition) is 0. The normalized spacial score (nSPS) is 15.4. The van der Waals surface area contributed by atoms with Crippen molar-refractivity contribution in [3.63, 3.8) is 0 Å². The molecule has 0 radical (unpaired) electrons. The molecule has 70 valence electrons. The summed E-state index contributed by atoms with van der Waals surface area (Å²) in [5.41, 5.74) is 1.87.